The molecule has 0 N–H and O–H groups in total. The summed E-state index contributed by atoms with van der Waals surface area (Å²) in [7, 11) is 8.00. The van der Waals surface area contributed by atoms with Crippen LogP contribution in [-0.4, -0.2) is 15.5 Å². The van der Waals surface area contributed by atoms with Crippen molar-refractivity contribution >= 4 is 15.5 Å². The van der Waals surface area contributed by atoms with Gasteiger partial charge < -0.3 is 0 Å². The lowest BCUT2D eigenvalue weighted by atomic mass is 9.81. The summed E-state index contributed by atoms with van der Waals surface area (Å²) in [5, 5.41) is 0. The number of rotatable bonds is 0. The van der Waals surface area contributed by atoms with Gasteiger partial charge in [-0.3, -0.25) is 0 Å². The van der Waals surface area contributed by atoms with E-state index in [2.05, 4.69) is 15.5 Å². The highest BCUT2D eigenvalue weighted by molar-refractivity contribution is 6.75. The highest BCUT2D eigenvalue weighted by atomic mass is 13.0. The minimum Gasteiger partial charge on any atom is -0.0683 e. The molecule has 0 aliphatic heterocycles. The van der Waals surface area contributed by atoms with Crippen molar-refractivity contribution in [2.24, 2.45) is 0 Å². The number of hydrogen-bond acceptors (Lipinski definition) is 0. The predicted octanol–water partition coefficient (Wildman–Crippen LogP) is 1.29. The van der Waals surface area contributed by atoms with Crippen molar-refractivity contribution in [3.8, 4) is 0 Å². The van der Waals surface area contributed by atoms with Gasteiger partial charge >= 0.3 is 0 Å². The van der Waals surface area contributed by atoms with Gasteiger partial charge in [0.05, 0.1) is 0 Å². The Balaban J connectivity index is -0.0000000225. The van der Waals surface area contributed by atoms with Gasteiger partial charge in [-0.05, 0) is 0 Å². The third kappa shape index (κ3) is 2400. The standard InChI is InChI=1S/2C2H6.B2/c3*1-2/h2*1-2H3;. The van der Waals surface area contributed by atoms with E-state index in [9.17, 15) is 0 Å². The monoisotopic (exact) mass is 82.1 g/mol. The molecule has 0 nitrogen and oxygen atoms in total. The van der Waals surface area contributed by atoms with E-state index in [4.69, 9.17) is 0 Å². The van der Waals surface area contributed by atoms with Gasteiger partial charge in [0.15, 0.2) is 0 Å². The Morgan fingerprint density at radius 3 is 0.667 bits per heavy atom. The highest BCUT2D eigenvalue weighted by Gasteiger charge is 1.00. The molecule has 0 spiro atoms. The van der Waals surface area contributed by atoms with Crippen LogP contribution in [0.2, 0.25) is 0 Å². The molecule has 0 saturated heterocycles. The molecule has 0 aromatic rings. The molecule has 2 heteroatoms. The van der Waals surface area contributed by atoms with Crippen LogP contribution in [0.3, 0.4) is 0 Å². The van der Waals surface area contributed by atoms with Crippen molar-refractivity contribution in [2.75, 3.05) is 0 Å². The summed E-state index contributed by atoms with van der Waals surface area (Å²) in [6.07, 6.45) is 0. The summed E-state index contributed by atoms with van der Waals surface area (Å²) in [5.41, 5.74) is 0. The van der Waals surface area contributed by atoms with Gasteiger partial charge in [-0.2, -0.15) is 0 Å². The molecule has 6 heavy (non-hydrogen) atoms. The smallest absolute Gasteiger partial charge is 0 e. The summed E-state index contributed by atoms with van der Waals surface area (Å²) in [5.74, 6) is 0. The molecule has 34 valence electrons. The lowest BCUT2D eigenvalue weighted by molar-refractivity contribution is 1.50. The quantitative estimate of drug-likeness (QED) is 0.386. The van der Waals surface area contributed by atoms with Crippen molar-refractivity contribution < 1.29 is 0 Å². The Morgan fingerprint density at radius 1 is 0.667 bits per heavy atom. The molecule has 0 aliphatic carbocycles. The Hall–Kier alpha value is 0.130. The van der Waals surface area contributed by atoms with Crippen LogP contribution in [0.4, 0.5) is 0 Å². The highest BCUT2D eigenvalue weighted by Crippen LogP contribution is 1.15. The molecule has 0 heterocycles. The van der Waals surface area contributed by atoms with Crippen LogP contribution >= 0.6 is 0 Å². The van der Waals surface area contributed by atoms with Crippen LogP contribution in [0.5, 0.6) is 0 Å². The molecule has 0 atom stereocenters. The number of hydrogen-bond donors (Lipinski definition) is 0. The first-order valence-corrected chi connectivity index (χ1v) is 2.33. The zero-order valence-electron chi connectivity index (χ0n) is 5.15. The van der Waals surface area contributed by atoms with Crippen LogP contribution in [0.1, 0.15) is 27.7 Å². The van der Waals surface area contributed by atoms with E-state index >= 15 is 0 Å². The van der Waals surface area contributed by atoms with Crippen molar-refractivity contribution in [1.29, 1.82) is 0 Å². The maximum Gasteiger partial charge on any atom is 0 e. The van der Waals surface area contributed by atoms with E-state index in [1.165, 1.54) is 0 Å². The fraction of sp³-hybridized carbons (Fsp3) is 1.00. The third-order valence-corrected chi connectivity index (χ3v) is 0. The van der Waals surface area contributed by atoms with E-state index in [0.717, 1.165) is 0 Å². The van der Waals surface area contributed by atoms with E-state index in [1.54, 1.807) is 0 Å². The van der Waals surface area contributed by atoms with Crippen molar-refractivity contribution in [1.82, 2.24) is 0 Å². The normalized spacial score (nSPS) is 2.67. The van der Waals surface area contributed by atoms with Gasteiger partial charge in [-0.1, -0.05) is 27.7 Å². The Labute approximate surface area is 44.1 Å². The lowest BCUT2D eigenvalue weighted by Crippen LogP contribution is -1.38. The Kier molecular flexibility index (Phi) is 14200. The maximum atomic E-state index is 4.00. The molecule has 0 rings (SSSR count). The van der Waals surface area contributed by atoms with Gasteiger partial charge in [0.2, 0.25) is 0 Å². The largest absolute Gasteiger partial charge is 0.0683 e. The van der Waals surface area contributed by atoms with Crippen LogP contribution in [0.15, 0.2) is 0 Å². The van der Waals surface area contributed by atoms with Crippen molar-refractivity contribution in [2.45, 2.75) is 27.7 Å². The average Bonchev–Trinajstić information content (AvgIpc) is 1.81. The van der Waals surface area contributed by atoms with Gasteiger partial charge in [0.25, 0.3) is 0 Å². The predicted molar refractivity (Wildman–Crippen MR) is 34.2 cm³/mol. The Morgan fingerprint density at radius 2 is 0.667 bits per heavy atom. The molecule has 0 aromatic carbocycles. The second-order valence-electron chi connectivity index (χ2n) is 0. The van der Waals surface area contributed by atoms with E-state index < -0.39 is 0 Å². The summed E-state index contributed by atoms with van der Waals surface area (Å²) >= 11 is 0. The summed E-state index contributed by atoms with van der Waals surface area (Å²) in [6, 6.07) is 0. The molecule has 4 radical (unpaired) electrons. The minimum absolute atomic E-state index is 2.00. The summed E-state index contributed by atoms with van der Waals surface area (Å²) in [6.45, 7) is 8.00. The lowest BCUT2D eigenvalue weighted by Gasteiger charge is -1.07. The first kappa shape index (κ1) is 16.5. The molecule has 0 fully saturated rings. The average molecular weight is 81.8 g/mol. The molecular formula is C4H12B2. The fourth-order valence-corrected chi connectivity index (χ4v) is 0. The molecule has 0 unspecified atom stereocenters. The van der Waals surface area contributed by atoms with Crippen molar-refractivity contribution in [3.05, 3.63) is 0 Å². The molecule has 0 saturated carbocycles. The van der Waals surface area contributed by atoms with Crippen LogP contribution in [0.25, 0.3) is 0 Å². The van der Waals surface area contributed by atoms with Crippen LogP contribution in [-0.2, 0) is 0 Å². The minimum atomic E-state index is 2.00. The van der Waals surface area contributed by atoms with Crippen LogP contribution < -0.4 is 0 Å². The third-order valence-electron chi connectivity index (χ3n) is 0. The summed E-state index contributed by atoms with van der Waals surface area (Å²) in [4.78, 5) is 0. The second kappa shape index (κ2) is 5190. The zero-order valence-corrected chi connectivity index (χ0v) is 5.15. The van der Waals surface area contributed by atoms with Gasteiger partial charge in [0.1, 0.15) is 0 Å². The van der Waals surface area contributed by atoms with Gasteiger partial charge in [-0.25, -0.2) is 0 Å². The van der Waals surface area contributed by atoms with Crippen molar-refractivity contribution in [3.63, 3.8) is 0 Å². The maximum absolute atomic E-state index is 4.00. The van der Waals surface area contributed by atoms with Gasteiger partial charge in [0, 0.05) is 15.5 Å². The topological polar surface area (TPSA) is 0 Å². The fourth-order valence-electron chi connectivity index (χ4n) is 0. The first-order valence-electron chi connectivity index (χ1n) is 2.33. The van der Waals surface area contributed by atoms with Crippen LogP contribution in [0, 0.1) is 0 Å². The summed E-state index contributed by atoms with van der Waals surface area (Å²) < 4.78 is 0. The first-order chi connectivity index (χ1) is 3.00. The molecular weight excluding hydrogens is 69.7 g/mol. The van der Waals surface area contributed by atoms with Gasteiger partial charge in [-0.15, -0.1) is 0 Å². The van der Waals surface area contributed by atoms with E-state index in [-0.39, 0.29) is 0 Å². The van der Waals surface area contributed by atoms with E-state index in [1.807, 2.05) is 27.7 Å². The molecule has 0 amide bonds. The molecule has 0 aliphatic rings. The SMILES string of the molecule is CC.CC.[B][B]. The zero-order chi connectivity index (χ0) is 6.00. The van der Waals surface area contributed by atoms with E-state index in [0.29, 0.717) is 0 Å². The Bertz CT molecular complexity index is 5.51. The molecule has 0 bridgehead atoms. The second-order valence-corrected chi connectivity index (χ2v) is 0. The molecule has 0 aromatic heterocycles.